The van der Waals surface area contributed by atoms with Gasteiger partial charge in [0.15, 0.2) is 5.82 Å². The van der Waals surface area contributed by atoms with E-state index in [1.807, 2.05) is 73.7 Å². The van der Waals surface area contributed by atoms with Gasteiger partial charge in [-0.25, -0.2) is 9.97 Å². The molecule has 0 saturated heterocycles. The quantitative estimate of drug-likeness (QED) is 0.409. The smallest absolute Gasteiger partial charge is 0.224 e. The summed E-state index contributed by atoms with van der Waals surface area (Å²) in [4.78, 5) is 28.5. The van der Waals surface area contributed by atoms with Gasteiger partial charge in [0.05, 0.1) is 18.5 Å². The third-order valence-corrected chi connectivity index (χ3v) is 5.93. The van der Waals surface area contributed by atoms with E-state index in [9.17, 15) is 4.79 Å². The highest BCUT2D eigenvalue weighted by molar-refractivity contribution is 5.93. The van der Waals surface area contributed by atoms with Gasteiger partial charge in [0.1, 0.15) is 5.82 Å². The van der Waals surface area contributed by atoms with Crippen LogP contribution in [0.15, 0.2) is 71.7 Å². The van der Waals surface area contributed by atoms with E-state index >= 15 is 0 Å². The van der Waals surface area contributed by atoms with Crippen LogP contribution in [-0.4, -0.2) is 54.2 Å². The van der Waals surface area contributed by atoms with E-state index < -0.39 is 0 Å². The maximum atomic E-state index is 12.4. The second-order valence-electron chi connectivity index (χ2n) is 8.95. The third-order valence-electron chi connectivity index (χ3n) is 5.93. The molecule has 0 fully saturated rings. The fourth-order valence-corrected chi connectivity index (χ4v) is 4.10. The lowest BCUT2D eigenvalue weighted by atomic mass is 10.1. The van der Waals surface area contributed by atoms with E-state index in [1.54, 1.807) is 0 Å². The van der Waals surface area contributed by atoms with Gasteiger partial charge >= 0.3 is 0 Å². The number of nitrogens with one attached hydrogen (secondary N) is 2. The lowest BCUT2D eigenvalue weighted by Crippen LogP contribution is -2.32. The molecule has 1 aliphatic heterocycles. The van der Waals surface area contributed by atoms with Crippen molar-refractivity contribution < 1.29 is 4.79 Å². The molecule has 7 heteroatoms. The predicted molar refractivity (Wildman–Crippen MR) is 141 cm³/mol. The Balaban J connectivity index is 1.42. The minimum Gasteiger partial charge on any atom is -0.355 e. The fraction of sp³-hybridized carbons (Fsp3) is 0.214. The van der Waals surface area contributed by atoms with Crippen molar-refractivity contribution in [1.29, 1.82) is 0 Å². The number of fused-ring (bicyclic) bond motifs is 2. The number of carbonyl (C=O) groups excluding carboxylic acids is 1. The fourth-order valence-electron chi connectivity index (χ4n) is 4.10. The van der Waals surface area contributed by atoms with Crippen LogP contribution in [0.1, 0.15) is 16.7 Å². The van der Waals surface area contributed by atoms with Gasteiger partial charge in [-0.1, -0.05) is 36.4 Å². The number of para-hydroxylation sites is 1. The van der Waals surface area contributed by atoms with Crippen molar-refractivity contribution in [2.45, 2.75) is 13.0 Å². The average molecular weight is 465 g/mol. The first kappa shape index (κ1) is 22.7. The number of amides is 1. The first-order valence-corrected chi connectivity index (χ1v) is 11.7. The van der Waals surface area contributed by atoms with Gasteiger partial charge in [-0.05, 0) is 61.1 Å². The molecule has 0 bridgehead atoms. The predicted octanol–water partition coefficient (Wildman–Crippen LogP) is 4.19. The molecular weight excluding hydrogens is 436 g/mol. The molecular formula is C28H28N6O. The second kappa shape index (κ2) is 10.0. The summed E-state index contributed by atoms with van der Waals surface area (Å²) in [6.45, 7) is 2.17. The van der Waals surface area contributed by atoms with E-state index in [0.29, 0.717) is 18.8 Å². The summed E-state index contributed by atoms with van der Waals surface area (Å²) < 4.78 is 0. The molecule has 4 aromatic rings. The highest BCUT2D eigenvalue weighted by atomic mass is 16.1. The van der Waals surface area contributed by atoms with Gasteiger partial charge in [-0.3, -0.25) is 9.79 Å². The number of nitrogens with zero attached hydrogens (tertiary/aromatic N) is 4. The lowest BCUT2D eigenvalue weighted by Gasteiger charge is -2.13. The van der Waals surface area contributed by atoms with E-state index in [0.717, 1.165) is 52.2 Å². The zero-order valence-electron chi connectivity index (χ0n) is 20.0. The molecule has 2 heterocycles. The van der Waals surface area contributed by atoms with Gasteiger partial charge < -0.3 is 15.5 Å². The van der Waals surface area contributed by atoms with Gasteiger partial charge in [0.2, 0.25) is 5.91 Å². The van der Waals surface area contributed by atoms with Gasteiger partial charge in [-0.15, -0.1) is 0 Å². The topological polar surface area (TPSA) is 82.5 Å². The normalized spacial score (nSPS) is 12.2. The summed E-state index contributed by atoms with van der Waals surface area (Å²) in [7, 11) is 3.97. The number of hydrogen-bond donors (Lipinski definition) is 2. The molecule has 0 unspecified atom stereocenters. The van der Waals surface area contributed by atoms with Crippen LogP contribution < -0.4 is 10.6 Å². The van der Waals surface area contributed by atoms with Crippen molar-refractivity contribution in [3.63, 3.8) is 0 Å². The van der Waals surface area contributed by atoms with Crippen LogP contribution in [0, 0.1) is 0 Å². The van der Waals surface area contributed by atoms with Crippen LogP contribution in [-0.2, 0) is 17.8 Å². The molecule has 1 aromatic heterocycles. The number of hydrogen-bond acceptors (Lipinski definition) is 6. The first-order valence-electron chi connectivity index (χ1n) is 11.7. The summed E-state index contributed by atoms with van der Waals surface area (Å²) in [6, 6.07) is 22.1. The monoisotopic (exact) mass is 464 g/mol. The molecule has 5 rings (SSSR count). The molecule has 35 heavy (non-hydrogen) atoms. The molecule has 1 aliphatic rings. The molecule has 0 spiro atoms. The SMILES string of the molecule is CN(C)CCNC(=O)Cc1cccc(-c2nc(Nc3ccc4c(c3)C=NC4)c3ccccc3n2)c1. The number of carbonyl (C=O) groups is 1. The Morgan fingerprint density at radius 3 is 2.77 bits per heavy atom. The highest BCUT2D eigenvalue weighted by Crippen LogP contribution is 2.29. The number of aliphatic imine (C=N–C) groups is 1. The number of aromatic nitrogens is 2. The van der Waals surface area contributed by atoms with Crippen molar-refractivity contribution in [3.8, 4) is 11.4 Å². The molecule has 3 aromatic carbocycles. The van der Waals surface area contributed by atoms with Crippen LogP contribution in [0.2, 0.25) is 0 Å². The van der Waals surface area contributed by atoms with Crippen molar-refractivity contribution in [2.75, 3.05) is 32.5 Å². The molecule has 0 aliphatic carbocycles. The second-order valence-corrected chi connectivity index (χ2v) is 8.95. The summed E-state index contributed by atoms with van der Waals surface area (Å²) in [6.07, 6.45) is 2.23. The van der Waals surface area contributed by atoms with Crippen molar-refractivity contribution in [2.24, 2.45) is 4.99 Å². The van der Waals surface area contributed by atoms with Crippen LogP contribution in [0.5, 0.6) is 0 Å². The van der Waals surface area contributed by atoms with Crippen LogP contribution in [0.3, 0.4) is 0 Å². The summed E-state index contributed by atoms with van der Waals surface area (Å²) in [5, 5.41) is 7.40. The maximum absolute atomic E-state index is 12.4. The Bertz CT molecular complexity index is 1410. The average Bonchev–Trinajstić information content (AvgIpc) is 3.32. The Kier molecular flexibility index (Phi) is 6.50. The van der Waals surface area contributed by atoms with E-state index in [4.69, 9.17) is 9.97 Å². The van der Waals surface area contributed by atoms with Crippen LogP contribution in [0.25, 0.3) is 22.3 Å². The van der Waals surface area contributed by atoms with Crippen LogP contribution in [0.4, 0.5) is 11.5 Å². The molecule has 1 amide bonds. The molecule has 2 N–H and O–H groups in total. The number of benzene rings is 3. The third kappa shape index (κ3) is 5.36. The Labute approximate surface area is 204 Å². The molecule has 0 atom stereocenters. The molecule has 0 radical (unpaired) electrons. The van der Waals surface area contributed by atoms with Crippen LogP contribution >= 0.6 is 0 Å². The van der Waals surface area contributed by atoms with E-state index in [1.165, 1.54) is 5.56 Å². The van der Waals surface area contributed by atoms with Gasteiger partial charge in [0.25, 0.3) is 0 Å². The number of likely N-dealkylation sites (N-methyl/N-ethyl adjacent to an activating group) is 1. The summed E-state index contributed by atoms with van der Waals surface area (Å²) in [5.74, 6) is 1.36. The zero-order chi connectivity index (χ0) is 24.2. The molecule has 0 saturated carbocycles. The first-order chi connectivity index (χ1) is 17.0. The summed E-state index contributed by atoms with van der Waals surface area (Å²) >= 11 is 0. The molecule has 7 nitrogen and oxygen atoms in total. The number of rotatable bonds is 8. The minimum atomic E-state index is 0.00549. The Hall–Kier alpha value is -4.10. The highest BCUT2D eigenvalue weighted by Gasteiger charge is 2.13. The van der Waals surface area contributed by atoms with E-state index in [-0.39, 0.29) is 5.91 Å². The van der Waals surface area contributed by atoms with Gasteiger partial charge in [-0.2, -0.15) is 0 Å². The van der Waals surface area contributed by atoms with E-state index in [2.05, 4.69) is 33.8 Å². The largest absolute Gasteiger partial charge is 0.355 e. The van der Waals surface area contributed by atoms with Crippen molar-refractivity contribution in [1.82, 2.24) is 20.2 Å². The van der Waals surface area contributed by atoms with Crippen molar-refractivity contribution >= 4 is 34.5 Å². The van der Waals surface area contributed by atoms with Crippen molar-refractivity contribution in [3.05, 3.63) is 83.4 Å². The minimum absolute atomic E-state index is 0.00549. The standard InChI is InChI=1S/C28H28N6O/c1-34(2)13-12-30-26(35)15-19-6-5-7-20(14-19)27-32-25-9-4-3-8-24(25)28(33-27)31-23-11-10-21-17-29-18-22(21)16-23/h3-11,14,16,18H,12-13,15,17H2,1-2H3,(H,30,35)(H,31,32,33). The number of anilines is 2. The summed E-state index contributed by atoms with van der Waals surface area (Å²) in [5.41, 5.74) is 5.97. The molecule has 176 valence electrons. The Morgan fingerprint density at radius 2 is 1.89 bits per heavy atom. The lowest BCUT2D eigenvalue weighted by molar-refractivity contribution is -0.120. The zero-order valence-corrected chi connectivity index (χ0v) is 20.0. The maximum Gasteiger partial charge on any atom is 0.224 e. The Morgan fingerprint density at radius 1 is 1.00 bits per heavy atom. The van der Waals surface area contributed by atoms with Gasteiger partial charge in [0, 0.05) is 35.9 Å².